The predicted octanol–water partition coefficient (Wildman–Crippen LogP) is 2.23. The molecule has 2 unspecified atom stereocenters. The van der Waals surface area contributed by atoms with Crippen LogP contribution in [0.2, 0.25) is 0 Å². The van der Waals surface area contributed by atoms with Crippen LogP contribution in [-0.2, 0) is 9.53 Å². The van der Waals surface area contributed by atoms with E-state index in [4.69, 9.17) is 4.74 Å². The largest absolute Gasteiger partial charge is 0.481 e. The van der Waals surface area contributed by atoms with E-state index in [1.807, 2.05) is 18.7 Å². The van der Waals surface area contributed by atoms with E-state index in [-0.39, 0.29) is 5.60 Å². The smallest absolute Gasteiger partial charge is 0.310 e. The molecule has 114 valence electrons. The van der Waals surface area contributed by atoms with Crippen molar-refractivity contribution in [3.8, 4) is 0 Å². The Balaban J connectivity index is 1.64. The van der Waals surface area contributed by atoms with Crippen molar-refractivity contribution in [2.24, 2.45) is 5.41 Å². The number of thioether (sulfide) groups is 1. The van der Waals surface area contributed by atoms with Gasteiger partial charge in [0, 0.05) is 19.2 Å². The molecule has 3 fully saturated rings. The van der Waals surface area contributed by atoms with Crippen molar-refractivity contribution in [2.45, 2.75) is 50.7 Å². The molecule has 3 heterocycles. The summed E-state index contributed by atoms with van der Waals surface area (Å²) in [4.78, 5) is 13.8. The van der Waals surface area contributed by atoms with Crippen molar-refractivity contribution < 1.29 is 14.6 Å². The number of carboxylic acids is 1. The van der Waals surface area contributed by atoms with Crippen LogP contribution in [0.15, 0.2) is 0 Å². The molecular formula is C15H25NO3S. The number of carbonyl (C=O) groups is 1. The Morgan fingerprint density at radius 1 is 1.35 bits per heavy atom. The Labute approximate surface area is 125 Å². The van der Waals surface area contributed by atoms with Gasteiger partial charge in [-0.2, -0.15) is 11.8 Å². The first kappa shape index (κ1) is 14.7. The Morgan fingerprint density at radius 3 is 2.75 bits per heavy atom. The Bertz CT molecular complexity index is 378. The van der Waals surface area contributed by atoms with Crippen molar-refractivity contribution in [3.63, 3.8) is 0 Å². The summed E-state index contributed by atoms with van der Waals surface area (Å²) in [6, 6.07) is 0.521. The van der Waals surface area contributed by atoms with Crippen LogP contribution in [0.5, 0.6) is 0 Å². The normalized spacial score (nSPS) is 38.1. The molecule has 3 aliphatic heterocycles. The van der Waals surface area contributed by atoms with Crippen LogP contribution in [0.4, 0.5) is 0 Å². The zero-order valence-electron chi connectivity index (χ0n) is 12.3. The zero-order valence-corrected chi connectivity index (χ0v) is 13.1. The van der Waals surface area contributed by atoms with Crippen LogP contribution >= 0.6 is 11.8 Å². The van der Waals surface area contributed by atoms with Gasteiger partial charge in [-0.1, -0.05) is 0 Å². The number of carboxylic acid groups (broad SMARTS) is 1. The van der Waals surface area contributed by atoms with Gasteiger partial charge in [0.15, 0.2) is 0 Å². The van der Waals surface area contributed by atoms with Gasteiger partial charge in [-0.3, -0.25) is 9.69 Å². The molecule has 0 aromatic heterocycles. The fraction of sp³-hybridized carbons (Fsp3) is 0.933. The van der Waals surface area contributed by atoms with E-state index < -0.39 is 11.4 Å². The summed E-state index contributed by atoms with van der Waals surface area (Å²) in [6.07, 6.45) is 5.27. The molecule has 3 rings (SSSR count). The van der Waals surface area contributed by atoms with E-state index in [0.29, 0.717) is 12.6 Å². The predicted molar refractivity (Wildman–Crippen MR) is 80.2 cm³/mol. The standard InChI is InChI=1S/C15H25NO3S/c1-14(13(17)18)3-6-16(11-14)12-2-7-19-15(10-12)4-8-20-9-5-15/h12H,2-11H2,1H3,(H,17,18). The first-order valence-corrected chi connectivity index (χ1v) is 8.88. The van der Waals surface area contributed by atoms with Crippen molar-refractivity contribution in [1.29, 1.82) is 0 Å². The highest BCUT2D eigenvalue weighted by Gasteiger charge is 2.46. The minimum absolute atomic E-state index is 0.0936. The minimum Gasteiger partial charge on any atom is -0.481 e. The summed E-state index contributed by atoms with van der Waals surface area (Å²) in [5.74, 6) is 1.77. The molecular weight excluding hydrogens is 274 g/mol. The Kier molecular flexibility index (Phi) is 4.04. The number of hydrogen-bond acceptors (Lipinski definition) is 4. The molecule has 1 N–H and O–H groups in total. The topological polar surface area (TPSA) is 49.8 Å². The molecule has 0 aliphatic carbocycles. The fourth-order valence-electron chi connectivity index (χ4n) is 3.89. The average Bonchev–Trinajstić information content (AvgIpc) is 2.84. The third-order valence-electron chi connectivity index (χ3n) is 5.41. The number of nitrogens with zero attached hydrogens (tertiary/aromatic N) is 1. The lowest BCUT2D eigenvalue weighted by Gasteiger charge is -2.45. The van der Waals surface area contributed by atoms with Gasteiger partial charge in [0.1, 0.15) is 0 Å². The van der Waals surface area contributed by atoms with Crippen molar-refractivity contribution in [3.05, 3.63) is 0 Å². The second-order valence-corrected chi connectivity index (χ2v) is 8.10. The SMILES string of the molecule is CC1(C(=O)O)CCN(C2CCOC3(CCSCC3)C2)C1. The van der Waals surface area contributed by atoms with Gasteiger partial charge in [-0.25, -0.2) is 0 Å². The first-order valence-electron chi connectivity index (χ1n) is 7.72. The third-order valence-corrected chi connectivity index (χ3v) is 6.39. The molecule has 4 nitrogen and oxygen atoms in total. The maximum absolute atomic E-state index is 11.4. The third kappa shape index (κ3) is 2.72. The highest BCUT2D eigenvalue weighted by atomic mass is 32.2. The van der Waals surface area contributed by atoms with E-state index >= 15 is 0 Å². The molecule has 0 radical (unpaired) electrons. The van der Waals surface area contributed by atoms with Crippen LogP contribution < -0.4 is 0 Å². The van der Waals surface area contributed by atoms with Gasteiger partial charge in [-0.05, 0) is 57.1 Å². The quantitative estimate of drug-likeness (QED) is 0.847. The van der Waals surface area contributed by atoms with Crippen LogP contribution in [-0.4, -0.2) is 58.8 Å². The summed E-state index contributed by atoms with van der Waals surface area (Å²) in [5.41, 5.74) is -0.454. The van der Waals surface area contributed by atoms with E-state index in [1.165, 1.54) is 11.5 Å². The fourth-order valence-corrected chi connectivity index (χ4v) is 5.13. The summed E-state index contributed by atoms with van der Waals surface area (Å²) < 4.78 is 6.14. The molecule has 3 saturated heterocycles. The van der Waals surface area contributed by atoms with Gasteiger partial charge in [0.05, 0.1) is 11.0 Å². The lowest BCUT2D eigenvalue weighted by molar-refractivity contribution is -0.147. The molecule has 0 bridgehead atoms. The molecule has 0 aromatic carbocycles. The molecule has 20 heavy (non-hydrogen) atoms. The maximum Gasteiger partial charge on any atom is 0.310 e. The first-order chi connectivity index (χ1) is 9.53. The van der Waals surface area contributed by atoms with Crippen molar-refractivity contribution in [1.82, 2.24) is 4.90 Å². The average molecular weight is 299 g/mol. The van der Waals surface area contributed by atoms with E-state index in [9.17, 15) is 9.90 Å². The van der Waals surface area contributed by atoms with Gasteiger partial charge < -0.3 is 9.84 Å². The second-order valence-electron chi connectivity index (χ2n) is 6.88. The number of hydrogen-bond donors (Lipinski definition) is 1. The highest BCUT2D eigenvalue weighted by molar-refractivity contribution is 7.99. The lowest BCUT2D eigenvalue weighted by atomic mass is 9.84. The van der Waals surface area contributed by atoms with E-state index in [0.717, 1.165) is 45.3 Å². The molecule has 2 atom stereocenters. The van der Waals surface area contributed by atoms with Gasteiger partial charge >= 0.3 is 5.97 Å². The summed E-state index contributed by atoms with van der Waals surface area (Å²) in [6.45, 7) is 4.37. The minimum atomic E-state index is -0.643. The molecule has 5 heteroatoms. The van der Waals surface area contributed by atoms with Crippen LogP contribution in [0.1, 0.15) is 39.0 Å². The zero-order chi connectivity index (χ0) is 14.2. The lowest BCUT2D eigenvalue weighted by Crippen LogP contribution is -2.50. The van der Waals surface area contributed by atoms with Crippen molar-refractivity contribution in [2.75, 3.05) is 31.2 Å². The maximum atomic E-state index is 11.4. The molecule has 3 aliphatic rings. The van der Waals surface area contributed by atoms with Crippen LogP contribution in [0.3, 0.4) is 0 Å². The van der Waals surface area contributed by atoms with Crippen molar-refractivity contribution >= 4 is 17.7 Å². The van der Waals surface area contributed by atoms with E-state index in [2.05, 4.69) is 4.90 Å². The van der Waals surface area contributed by atoms with Gasteiger partial charge in [0.25, 0.3) is 0 Å². The van der Waals surface area contributed by atoms with Crippen LogP contribution in [0.25, 0.3) is 0 Å². The van der Waals surface area contributed by atoms with Crippen LogP contribution in [0, 0.1) is 5.41 Å². The number of rotatable bonds is 2. The molecule has 1 spiro atoms. The molecule has 0 amide bonds. The Hall–Kier alpha value is -0.260. The summed E-state index contributed by atoms with van der Waals surface area (Å²) >= 11 is 2.03. The summed E-state index contributed by atoms with van der Waals surface area (Å²) in [5, 5.41) is 9.38. The second kappa shape index (κ2) is 5.50. The number of aliphatic carboxylic acids is 1. The number of likely N-dealkylation sites (tertiary alicyclic amines) is 1. The molecule has 0 aromatic rings. The Morgan fingerprint density at radius 2 is 2.10 bits per heavy atom. The molecule has 0 saturated carbocycles. The van der Waals surface area contributed by atoms with E-state index in [1.54, 1.807) is 0 Å². The summed E-state index contributed by atoms with van der Waals surface area (Å²) in [7, 11) is 0. The highest BCUT2D eigenvalue weighted by Crippen LogP contribution is 2.41. The number of ether oxygens (including phenoxy) is 1. The van der Waals surface area contributed by atoms with Gasteiger partial charge in [-0.15, -0.1) is 0 Å². The van der Waals surface area contributed by atoms with Gasteiger partial charge in [0.2, 0.25) is 0 Å². The monoisotopic (exact) mass is 299 g/mol.